The average molecular weight is 300 g/mol. The molecule has 0 unspecified atom stereocenters. The molecule has 0 atom stereocenters. The Morgan fingerprint density at radius 3 is 2.89 bits per heavy atom. The monoisotopic (exact) mass is 299 g/mol. The lowest BCUT2D eigenvalue weighted by atomic mass is 10.0. The van der Waals surface area contributed by atoms with Crippen molar-refractivity contribution in [3.63, 3.8) is 0 Å². The third kappa shape index (κ3) is 2.54. The van der Waals surface area contributed by atoms with Crippen LogP contribution in [0.25, 0.3) is 11.0 Å². The number of thioether (sulfide) groups is 1. The number of benzene rings is 1. The van der Waals surface area contributed by atoms with Crippen LogP contribution in [-0.4, -0.2) is 21.1 Å². The first kappa shape index (κ1) is 13.1. The Morgan fingerprint density at radius 1 is 1.42 bits per heavy atom. The van der Waals surface area contributed by atoms with Crippen LogP contribution in [0.2, 0.25) is 5.02 Å². The highest BCUT2D eigenvalue weighted by Crippen LogP contribution is 2.29. The molecule has 1 aromatic carbocycles. The normalized spacial score (nSPS) is 17.2. The number of halogens is 2. The second kappa shape index (κ2) is 5.21. The molecule has 0 amide bonds. The van der Waals surface area contributed by atoms with Crippen LogP contribution in [0.4, 0.5) is 10.3 Å². The zero-order valence-electron chi connectivity index (χ0n) is 10.4. The first-order valence-corrected chi connectivity index (χ1v) is 7.87. The summed E-state index contributed by atoms with van der Waals surface area (Å²) in [6, 6.07) is 2.97. The molecule has 2 N–H and O–H groups in total. The molecule has 0 saturated carbocycles. The Kier molecular flexibility index (Phi) is 3.58. The summed E-state index contributed by atoms with van der Waals surface area (Å²) in [6.45, 7) is 0.809. The molecule has 19 heavy (non-hydrogen) atoms. The highest BCUT2D eigenvalue weighted by Gasteiger charge is 2.18. The van der Waals surface area contributed by atoms with E-state index in [0.717, 1.165) is 12.1 Å². The molecule has 3 nitrogen and oxygen atoms in total. The summed E-state index contributed by atoms with van der Waals surface area (Å²) in [4.78, 5) is 4.26. The highest BCUT2D eigenvalue weighted by molar-refractivity contribution is 7.99. The minimum absolute atomic E-state index is 0.0891. The number of anilines is 1. The molecule has 1 aliphatic heterocycles. The van der Waals surface area contributed by atoms with Gasteiger partial charge in [-0.2, -0.15) is 11.8 Å². The number of nitrogens with two attached hydrogens (primary N) is 1. The smallest absolute Gasteiger partial charge is 0.201 e. The van der Waals surface area contributed by atoms with E-state index in [1.54, 1.807) is 0 Å². The SMILES string of the molecule is Nc1nc2cc(Cl)c(F)cc2n1CC1CCSCC1. The Balaban J connectivity index is 1.97. The van der Waals surface area contributed by atoms with Crippen molar-refractivity contribution in [1.82, 2.24) is 9.55 Å². The number of aromatic nitrogens is 2. The van der Waals surface area contributed by atoms with Gasteiger partial charge in [-0.25, -0.2) is 9.37 Å². The van der Waals surface area contributed by atoms with E-state index in [1.807, 2.05) is 16.3 Å². The van der Waals surface area contributed by atoms with Crippen LogP contribution in [0.3, 0.4) is 0 Å². The van der Waals surface area contributed by atoms with Gasteiger partial charge in [-0.05, 0) is 36.3 Å². The Labute approximate surface area is 120 Å². The zero-order valence-corrected chi connectivity index (χ0v) is 12.0. The lowest BCUT2D eigenvalue weighted by molar-refractivity contribution is 0.425. The molecule has 1 fully saturated rings. The van der Waals surface area contributed by atoms with Gasteiger partial charge in [0, 0.05) is 12.6 Å². The lowest BCUT2D eigenvalue weighted by Gasteiger charge is -2.22. The first-order valence-electron chi connectivity index (χ1n) is 6.33. The van der Waals surface area contributed by atoms with Gasteiger partial charge in [0.2, 0.25) is 5.95 Å². The Bertz CT molecular complexity index is 607. The van der Waals surface area contributed by atoms with Crippen molar-refractivity contribution in [1.29, 1.82) is 0 Å². The predicted octanol–water partition coefficient (Wildman–Crippen LogP) is 3.55. The van der Waals surface area contributed by atoms with Crippen LogP contribution in [0.5, 0.6) is 0 Å². The summed E-state index contributed by atoms with van der Waals surface area (Å²) in [6.07, 6.45) is 2.36. The van der Waals surface area contributed by atoms with Crippen molar-refractivity contribution in [3.05, 3.63) is 23.0 Å². The summed E-state index contributed by atoms with van der Waals surface area (Å²) in [5.41, 5.74) is 7.35. The molecule has 0 radical (unpaired) electrons. The third-order valence-corrected chi connectivity index (χ3v) is 4.94. The van der Waals surface area contributed by atoms with Crippen molar-refractivity contribution in [2.75, 3.05) is 17.2 Å². The maximum atomic E-state index is 13.6. The van der Waals surface area contributed by atoms with E-state index in [4.69, 9.17) is 17.3 Å². The van der Waals surface area contributed by atoms with Gasteiger partial charge < -0.3 is 10.3 Å². The number of fused-ring (bicyclic) bond motifs is 1. The molecule has 1 aromatic heterocycles. The Hall–Kier alpha value is -0.940. The van der Waals surface area contributed by atoms with E-state index in [2.05, 4.69) is 4.98 Å². The fourth-order valence-corrected chi connectivity index (χ4v) is 3.88. The third-order valence-electron chi connectivity index (χ3n) is 3.60. The molecule has 102 valence electrons. The number of imidazole rings is 1. The minimum atomic E-state index is -0.422. The van der Waals surface area contributed by atoms with E-state index in [-0.39, 0.29) is 5.02 Å². The first-order chi connectivity index (χ1) is 9.15. The molecule has 0 bridgehead atoms. The summed E-state index contributed by atoms with van der Waals surface area (Å²) < 4.78 is 15.5. The number of nitrogen functional groups attached to an aromatic ring is 1. The van der Waals surface area contributed by atoms with Gasteiger partial charge in [0.05, 0.1) is 16.1 Å². The van der Waals surface area contributed by atoms with Crippen molar-refractivity contribution >= 4 is 40.3 Å². The average Bonchev–Trinajstić information content (AvgIpc) is 2.68. The van der Waals surface area contributed by atoms with Gasteiger partial charge >= 0.3 is 0 Å². The van der Waals surface area contributed by atoms with Crippen LogP contribution in [-0.2, 0) is 6.54 Å². The van der Waals surface area contributed by atoms with Crippen molar-refractivity contribution < 1.29 is 4.39 Å². The maximum absolute atomic E-state index is 13.6. The molecule has 2 heterocycles. The predicted molar refractivity (Wildman–Crippen MR) is 79.2 cm³/mol. The van der Waals surface area contributed by atoms with Crippen molar-refractivity contribution in [2.45, 2.75) is 19.4 Å². The molecule has 0 aliphatic carbocycles. The van der Waals surface area contributed by atoms with Crippen LogP contribution >= 0.6 is 23.4 Å². The maximum Gasteiger partial charge on any atom is 0.201 e. The summed E-state index contributed by atoms with van der Waals surface area (Å²) in [5.74, 6) is 3.00. The van der Waals surface area contributed by atoms with Crippen LogP contribution in [0.15, 0.2) is 12.1 Å². The zero-order chi connectivity index (χ0) is 13.4. The second-order valence-electron chi connectivity index (χ2n) is 4.89. The van der Waals surface area contributed by atoms with Gasteiger partial charge in [-0.3, -0.25) is 0 Å². The van der Waals surface area contributed by atoms with E-state index >= 15 is 0 Å². The molecule has 6 heteroatoms. The molecule has 1 saturated heterocycles. The minimum Gasteiger partial charge on any atom is -0.369 e. The summed E-state index contributed by atoms with van der Waals surface area (Å²) in [7, 11) is 0. The summed E-state index contributed by atoms with van der Waals surface area (Å²) in [5, 5.41) is 0.0891. The van der Waals surface area contributed by atoms with E-state index in [9.17, 15) is 4.39 Å². The topological polar surface area (TPSA) is 43.8 Å². The van der Waals surface area contributed by atoms with Gasteiger partial charge in [-0.1, -0.05) is 11.6 Å². The van der Waals surface area contributed by atoms with Crippen LogP contribution < -0.4 is 5.73 Å². The lowest BCUT2D eigenvalue weighted by Crippen LogP contribution is -2.17. The van der Waals surface area contributed by atoms with E-state index < -0.39 is 5.82 Å². The van der Waals surface area contributed by atoms with Crippen LogP contribution in [0, 0.1) is 11.7 Å². The highest BCUT2D eigenvalue weighted by atomic mass is 35.5. The molecule has 3 rings (SSSR count). The number of nitrogens with zero attached hydrogens (tertiary/aromatic N) is 2. The largest absolute Gasteiger partial charge is 0.369 e. The fourth-order valence-electron chi connectivity index (χ4n) is 2.52. The molecule has 1 aliphatic rings. The van der Waals surface area contributed by atoms with E-state index in [0.29, 0.717) is 17.4 Å². The quantitative estimate of drug-likeness (QED) is 0.922. The fraction of sp³-hybridized carbons (Fsp3) is 0.462. The molecular weight excluding hydrogens is 285 g/mol. The van der Waals surface area contributed by atoms with Crippen molar-refractivity contribution in [2.24, 2.45) is 5.92 Å². The van der Waals surface area contributed by atoms with Gasteiger partial charge in [0.25, 0.3) is 0 Å². The standard InChI is InChI=1S/C13H15ClFN3S/c14-9-5-11-12(6-10(9)15)18(13(16)17-11)7-8-1-3-19-4-2-8/h5-6,8H,1-4,7H2,(H2,16,17). The van der Waals surface area contributed by atoms with Gasteiger partial charge in [-0.15, -0.1) is 0 Å². The van der Waals surface area contributed by atoms with Gasteiger partial charge in [0.1, 0.15) is 5.82 Å². The molecule has 2 aromatic rings. The van der Waals surface area contributed by atoms with Crippen LogP contribution in [0.1, 0.15) is 12.8 Å². The molecular formula is C13H15ClFN3S. The Morgan fingerprint density at radius 2 is 2.16 bits per heavy atom. The molecule has 0 spiro atoms. The summed E-state index contributed by atoms with van der Waals surface area (Å²) >= 11 is 7.76. The second-order valence-corrected chi connectivity index (χ2v) is 6.52. The van der Waals surface area contributed by atoms with Gasteiger partial charge in [0.15, 0.2) is 0 Å². The number of rotatable bonds is 2. The van der Waals surface area contributed by atoms with E-state index in [1.165, 1.54) is 36.5 Å². The number of hydrogen-bond acceptors (Lipinski definition) is 3. The number of hydrogen-bond donors (Lipinski definition) is 1. The van der Waals surface area contributed by atoms with Crippen molar-refractivity contribution in [3.8, 4) is 0 Å².